The van der Waals surface area contributed by atoms with E-state index < -0.39 is 17.9 Å². The molecule has 0 aromatic carbocycles. The number of hydrogen-bond acceptors (Lipinski definition) is 4. The lowest BCUT2D eigenvalue weighted by Gasteiger charge is -2.27. The second kappa shape index (κ2) is 5.60. The third-order valence-electron chi connectivity index (χ3n) is 2.45. The van der Waals surface area contributed by atoms with E-state index >= 15 is 0 Å². The SMILES string of the molecule is CCCCC(N)C(=O)N1CC(=O)NC(=O)C1. The van der Waals surface area contributed by atoms with Crippen LogP contribution in [0.15, 0.2) is 0 Å². The zero-order valence-corrected chi connectivity index (χ0v) is 9.36. The van der Waals surface area contributed by atoms with Crippen LogP contribution in [0.5, 0.6) is 0 Å². The molecular weight excluding hydrogens is 210 g/mol. The molecule has 0 bridgehead atoms. The molecule has 1 rings (SSSR count). The van der Waals surface area contributed by atoms with Gasteiger partial charge in [0, 0.05) is 0 Å². The van der Waals surface area contributed by atoms with Gasteiger partial charge in [-0.2, -0.15) is 0 Å². The summed E-state index contributed by atoms with van der Waals surface area (Å²) in [4.78, 5) is 35.1. The van der Waals surface area contributed by atoms with Gasteiger partial charge in [0.1, 0.15) is 13.1 Å². The number of nitrogens with one attached hydrogen (secondary N) is 1. The van der Waals surface area contributed by atoms with Gasteiger partial charge in [0.2, 0.25) is 17.7 Å². The molecular formula is C10H17N3O3. The van der Waals surface area contributed by atoms with Gasteiger partial charge in [-0.1, -0.05) is 19.8 Å². The molecule has 3 amide bonds. The Balaban J connectivity index is 2.52. The number of imide groups is 1. The molecule has 0 aliphatic carbocycles. The summed E-state index contributed by atoms with van der Waals surface area (Å²) in [6.45, 7) is 1.85. The molecule has 1 aliphatic rings. The van der Waals surface area contributed by atoms with Crippen molar-refractivity contribution in [2.75, 3.05) is 13.1 Å². The van der Waals surface area contributed by atoms with E-state index in [1.165, 1.54) is 4.90 Å². The normalized spacial score (nSPS) is 18.2. The first-order valence-electron chi connectivity index (χ1n) is 5.41. The first-order chi connectivity index (χ1) is 7.54. The fourth-order valence-electron chi connectivity index (χ4n) is 1.58. The summed E-state index contributed by atoms with van der Waals surface area (Å²) in [7, 11) is 0. The van der Waals surface area contributed by atoms with Gasteiger partial charge in [-0.15, -0.1) is 0 Å². The quantitative estimate of drug-likeness (QED) is 0.602. The summed E-state index contributed by atoms with van der Waals surface area (Å²) in [5.41, 5.74) is 5.69. The van der Waals surface area contributed by atoms with Crippen LogP contribution < -0.4 is 11.1 Å². The summed E-state index contributed by atoms with van der Waals surface area (Å²) in [5.74, 6) is -1.23. The number of carbonyl (C=O) groups is 3. The Morgan fingerprint density at radius 1 is 1.44 bits per heavy atom. The molecule has 16 heavy (non-hydrogen) atoms. The largest absolute Gasteiger partial charge is 0.323 e. The van der Waals surface area contributed by atoms with Crippen molar-refractivity contribution in [3.05, 3.63) is 0 Å². The topological polar surface area (TPSA) is 92.5 Å². The Hall–Kier alpha value is -1.43. The second-order valence-corrected chi connectivity index (χ2v) is 3.91. The zero-order valence-electron chi connectivity index (χ0n) is 9.36. The molecule has 1 atom stereocenters. The van der Waals surface area contributed by atoms with Crippen molar-refractivity contribution in [1.82, 2.24) is 10.2 Å². The van der Waals surface area contributed by atoms with Crippen LogP contribution in [0, 0.1) is 0 Å². The van der Waals surface area contributed by atoms with E-state index in [0.29, 0.717) is 6.42 Å². The maximum Gasteiger partial charge on any atom is 0.246 e. The number of carbonyl (C=O) groups excluding carboxylic acids is 3. The van der Waals surface area contributed by atoms with Crippen molar-refractivity contribution in [2.24, 2.45) is 5.73 Å². The monoisotopic (exact) mass is 227 g/mol. The molecule has 0 aromatic heterocycles. The lowest BCUT2D eigenvalue weighted by Crippen LogP contribution is -2.56. The number of unbranched alkanes of at least 4 members (excludes halogenated alkanes) is 1. The van der Waals surface area contributed by atoms with Crippen LogP contribution in [0.4, 0.5) is 0 Å². The van der Waals surface area contributed by atoms with Crippen LogP contribution in [0.3, 0.4) is 0 Å². The van der Waals surface area contributed by atoms with E-state index in [0.717, 1.165) is 12.8 Å². The third kappa shape index (κ3) is 3.30. The smallest absolute Gasteiger partial charge is 0.246 e. The fraction of sp³-hybridized carbons (Fsp3) is 0.700. The average molecular weight is 227 g/mol. The van der Waals surface area contributed by atoms with Crippen molar-refractivity contribution >= 4 is 17.7 Å². The predicted molar refractivity (Wildman–Crippen MR) is 57.2 cm³/mol. The fourth-order valence-corrected chi connectivity index (χ4v) is 1.58. The number of nitrogens with two attached hydrogens (primary N) is 1. The maximum atomic E-state index is 11.8. The molecule has 1 saturated heterocycles. The highest BCUT2D eigenvalue weighted by atomic mass is 16.2. The summed E-state index contributed by atoms with van der Waals surface area (Å²) in [6, 6.07) is -0.612. The molecule has 0 spiro atoms. The van der Waals surface area contributed by atoms with Crippen LogP contribution >= 0.6 is 0 Å². The molecule has 1 heterocycles. The van der Waals surface area contributed by atoms with E-state index in [-0.39, 0.29) is 19.0 Å². The van der Waals surface area contributed by atoms with Crippen molar-refractivity contribution in [3.8, 4) is 0 Å². The molecule has 6 heteroatoms. The van der Waals surface area contributed by atoms with Gasteiger partial charge >= 0.3 is 0 Å². The lowest BCUT2D eigenvalue weighted by atomic mass is 10.1. The molecule has 1 fully saturated rings. The zero-order chi connectivity index (χ0) is 12.1. The van der Waals surface area contributed by atoms with Gasteiger partial charge in [-0.05, 0) is 6.42 Å². The van der Waals surface area contributed by atoms with Gasteiger partial charge in [-0.25, -0.2) is 0 Å². The van der Waals surface area contributed by atoms with Crippen LogP contribution in [0.25, 0.3) is 0 Å². The van der Waals surface area contributed by atoms with Gasteiger partial charge in [0.25, 0.3) is 0 Å². The van der Waals surface area contributed by atoms with Crippen LogP contribution in [-0.2, 0) is 14.4 Å². The van der Waals surface area contributed by atoms with Crippen molar-refractivity contribution in [3.63, 3.8) is 0 Å². The third-order valence-corrected chi connectivity index (χ3v) is 2.45. The van der Waals surface area contributed by atoms with E-state index in [1.54, 1.807) is 0 Å². The Labute approximate surface area is 94.2 Å². The van der Waals surface area contributed by atoms with E-state index in [4.69, 9.17) is 5.73 Å². The number of nitrogens with zero attached hydrogens (tertiary/aromatic N) is 1. The molecule has 1 unspecified atom stereocenters. The van der Waals surface area contributed by atoms with E-state index in [2.05, 4.69) is 5.32 Å². The lowest BCUT2D eigenvalue weighted by molar-refractivity contribution is -0.146. The Bertz CT molecular complexity index is 288. The van der Waals surface area contributed by atoms with Crippen LogP contribution in [0.1, 0.15) is 26.2 Å². The molecule has 3 N–H and O–H groups in total. The molecule has 0 aromatic rings. The van der Waals surface area contributed by atoms with Crippen molar-refractivity contribution in [2.45, 2.75) is 32.2 Å². The molecule has 0 radical (unpaired) electrons. The van der Waals surface area contributed by atoms with Crippen LogP contribution in [-0.4, -0.2) is 41.8 Å². The van der Waals surface area contributed by atoms with Crippen LogP contribution in [0.2, 0.25) is 0 Å². The Morgan fingerprint density at radius 2 is 2.00 bits per heavy atom. The number of amides is 3. The first kappa shape index (κ1) is 12.6. The maximum absolute atomic E-state index is 11.8. The second-order valence-electron chi connectivity index (χ2n) is 3.91. The number of hydrogen-bond donors (Lipinski definition) is 2. The minimum atomic E-state index is -0.612. The van der Waals surface area contributed by atoms with Gasteiger partial charge in [0.15, 0.2) is 0 Å². The minimum absolute atomic E-state index is 0.0790. The van der Waals surface area contributed by atoms with Crippen molar-refractivity contribution in [1.29, 1.82) is 0 Å². The van der Waals surface area contributed by atoms with Gasteiger partial charge in [0.05, 0.1) is 6.04 Å². The summed E-state index contributed by atoms with van der Waals surface area (Å²) >= 11 is 0. The summed E-state index contributed by atoms with van der Waals surface area (Å²) < 4.78 is 0. The molecule has 90 valence electrons. The van der Waals surface area contributed by atoms with E-state index in [1.807, 2.05) is 6.92 Å². The number of piperazine rings is 1. The molecule has 1 aliphatic heterocycles. The predicted octanol–water partition coefficient (Wildman–Crippen LogP) is -1.01. The van der Waals surface area contributed by atoms with E-state index in [9.17, 15) is 14.4 Å². The van der Waals surface area contributed by atoms with Crippen molar-refractivity contribution < 1.29 is 14.4 Å². The summed E-state index contributed by atoms with van der Waals surface area (Å²) in [5, 5.41) is 2.13. The van der Waals surface area contributed by atoms with Gasteiger partial charge < -0.3 is 10.6 Å². The average Bonchev–Trinajstić information content (AvgIpc) is 2.23. The Morgan fingerprint density at radius 3 is 2.50 bits per heavy atom. The highest BCUT2D eigenvalue weighted by molar-refractivity contribution is 6.03. The highest BCUT2D eigenvalue weighted by Gasteiger charge is 2.28. The minimum Gasteiger partial charge on any atom is -0.323 e. The summed E-state index contributed by atoms with van der Waals surface area (Å²) in [6.07, 6.45) is 2.41. The number of rotatable bonds is 4. The highest BCUT2D eigenvalue weighted by Crippen LogP contribution is 2.04. The molecule has 0 saturated carbocycles. The standard InChI is InChI=1S/C10H17N3O3/c1-2-3-4-7(11)10(16)13-5-8(14)12-9(15)6-13/h7H,2-6,11H2,1H3,(H,12,14,15). The Kier molecular flexibility index (Phi) is 4.42. The molecule has 6 nitrogen and oxygen atoms in total. The first-order valence-corrected chi connectivity index (χ1v) is 5.41. The van der Waals surface area contributed by atoms with Gasteiger partial charge in [-0.3, -0.25) is 19.7 Å².